The third-order valence-electron chi connectivity index (χ3n) is 6.80. The van der Waals surface area contributed by atoms with Crippen molar-refractivity contribution in [3.8, 4) is 11.1 Å². The number of likely N-dealkylation sites (tertiary alicyclic amines) is 1. The summed E-state index contributed by atoms with van der Waals surface area (Å²) in [4.78, 5) is 27.4. The molecular weight excluding hydrogens is 412 g/mol. The van der Waals surface area contributed by atoms with Gasteiger partial charge in [0, 0.05) is 37.9 Å². The van der Waals surface area contributed by atoms with E-state index in [1.165, 1.54) is 11.1 Å². The van der Waals surface area contributed by atoms with Crippen molar-refractivity contribution in [3.63, 3.8) is 0 Å². The molecule has 172 valence electrons. The summed E-state index contributed by atoms with van der Waals surface area (Å²) in [6.07, 6.45) is 4.12. The Hall–Kier alpha value is -3.41. The normalized spacial score (nSPS) is 18.3. The van der Waals surface area contributed by atoms with Crippen LogP contribution in [0.3, 0.4) is 0 Å². The number of carbonyl (C=O) groups is 2. The minimum atomic E-state index is -0.735. The van der Waals surface area contributed by atoms with E-state index >= 15 is 0 Å². The van der Waals surface area contributed by atoms with Crippen LogP contribution in [0.15, 0.2) is 60.8 Å². The zero-order chi connectivity index (χ0) is 23.4. The van der Waals surface area contributed by atoms with E-state index < -0.39 is 5.41 Å². The molecule has 0 spiro atoms. The van der Waals surface area contributed by atoms with Gasteiger partial charge in [0.2, 0.25) is 11.8 Å². The molecule has 0 bridgehead atoms. The predicted octanol–water partition coefficient (Wildman–Crippen LogP) is 3.89. The highest BCUT2D eigenvalue weighted by Gasteiger charge is 2.42. The number of aryl methyl sites for hydroxylation is 3. The van der Waals surface area contributed by atoms with Gasteiger partial charge in [-0.15, -0.1) is 0 Å². The maximum atomic E-state index is 12.9. The Morgan fingerprint density at radius 3 is 2.27 bits per heavy atom. The van der Waals surface area contributed by atoms with Crippen LogP contribution in [0.2, 0.25) is 0 Å². The number of nitrogens with two attached hydrogens (primary N) is 1. The van der Waals surface area contributed by atoms with E-state index in [2.05, 4.69) is 60.6 Å². The summed E-state index contributed by atoms with van der Waals surface area (Å²) < 4.78 is 1.83. The minimum absolute atomic E-state index is 0.0462. The van der Waals surface area contributed by atoms with E-state index in [0.717, 1.165) is 23.2 Å². The van der Waals surface area contributed by atoms with Crippen molar-refractivity contribution in [1.29, 1.82) is 0 Å². The molecule has 6 heteroatoms. The molecule has 2 heterocycles. The molecule has 3 aromatic rings. The first-order valence-corrected chi connectivity index (χ1v) is 11.6. The predicted molar refractivity (Wildman–Crippen MR) is 129 cm³/mol. The topological polar surface area (TPSA) is 81.2 Å². The van der Waals surface area contributed by atoms with Crippen LogP contribution in [0.4, 0.5) is 0 Å². The average Bonchev–Trinajstić information content (AvgIpc) is 3.23. The molecule has 2 amide bonds. The number of aromatic nitrogens is 2. The lowest BCUT2D eigenvalue weighted by atomic mass is 9.74. The summed E-state index contributed by atoms with van der Waals surface area (Å²) in [5.74, 6) is -0.282. The van der Waals surface area contributed by atoms with Gasteiger partial charge in [0.15, 0.2) is 0 Å². The average molecular weight is 445 g/mol. The Morgan fingerprint density at radius 1 is 1.00 bits per heavy atom. The molecule has 0 saturated carbocycles. The van der Waals surface area contributed by atoms with Crippen molar-refractivity contribution in [2.24, 2.45) is 11.1 Å². The number of hydrogen-bond donors (Lipinski definition) is 1. The van der Waals surface area contributed by atoms with Crippen LogP contribution in [-0.2, 0) is 22.6 Å². The Bertz CT molecular complexity index is 1120. The fourth-order valence-corrected chi connectivity index (χ4v) is 4.72. The monoisotopic (exact) mass is 444 g/mol. The van der Waals surface area contributed by atoms with Gasteiger partial charge in [-0.2, -0.15) is 5.10 Å². The number of amides is 2. The molecule has 0 unspecified atom stereocenters. The molecule has 0 radical (unpaired) electrons. The van der Waals surface area contributed by atoms with Crippen molar-refractivity contribution in [2.45, 2.75) is 46.1 Å². The SMILES string of the molecule is Cc1ccc(-c2ccc(C[C@@]3(C(N)=O)CCCN(C(=O)CCn4nccc4C)C3)cc2)cc1. The molecule has 33 heavy (non-hydrogen) atoms. The number of primary amides is 1. The van der Waals surface area contributed by atoms with Gasteiger partial charge in [0.05, 0.1) is 5.41 Å². The lowest BCUT2D eigenvalue weighted by Crippen LogP contribution is -2.53. The number of rotatable bonds is 7. The number of nitrogens with zero attached hydrogens (tertiary/aromatic N) is 3. The Morgan fingerprint density at radius 2 is 1.67 bits per heavy atom. The zero-order valence-electron chi connectivity index (χ0n) is 19.5. The Kier molecular flexibility index (Phi) is 6.63. The van der Waals surface area contributed by atoms with Crippen LogP contribution in [0.5, 0.6) is 0 Å². The van der Waals surface area contributed by atoms with E-state index in [0.29, 0.717) is 38.9 Å². The fourth-order valence-electron chi connectivity index (χ4n) is 4.72. The molecule has 4 rings (SSSR count). The molecule has 1 aliphatic heterocycles. The lowest BCUT2D eigenvalue weighted by Gasteiger charge is -2.41. The summed E-state index contributed by atoms with van der Waals surface area (Å²) in [6.45, 7) is 5.63. The van der Waals surface area contributed by atoms with Crippen molar-refractivity contribution in [2.75, 3.05) is 13.1 Å². The van der Waals surface area contributed by atoms with Crippen molar-refractivity contribution < 1.29 is 9.59 Å². The quantitative estimate of drug-likeness (QED) is 0.600. The highest BCUT2D eigenvalue weighted by atomic mass is 16.2. The molecule has 1 aromatic heterocycles. The van der Waals surface area contributed by atoms with Gasteiger partial charge in [-0.05, 0) is 55.9 Å². The summed E-state index contributed by atoms with van der Waals surface area (Å²) >= 11 is 0. The van der Waals surface area contributed by atoms with E-state index in [-0.39, 0.29) is 11.8 Å². The van der Waals surface area contributed by atoms with Crippen LogP contribution in [0, 0.1) is 19.3 Å². The Labute approximate surface area is 195 Å². The number of piperidine rings is 1. The molecule has 1 saturated heterocycles. The third-order valence-corrected chi connectivity index (χ3v) is 6.80. The van der Waals surface area contributed by atoms with E-state index in [9.17, 15) is 9.59 Å². The summed E-state index contributed by atoms with van der Waals surface area (Å²) in [7, 11) is 0. The van der Waals surface area contributed by atoms with Gasteiger partial charge < -0.3 is 10.6 Å². The van der Waals surface area contributed by atoms with E-state index in [1.54, 1.807) is 6.20 Å². The van der Waals surface area contributed by atoms with Gasteiger partial charge >= 0.3 is 0 Å². The second-order valence-corrected chi connectivity index (χ2v) is 9.25. The minimum Gasteiger partial charge on any atom is -0.369 e. The Balaban J connectivity index is 1.45. The second kappa shape index (κ2) is 9.61. The van der Waals surface area contributed by atoms with Gasteiger partial charge in [-0.3, -0.25) is 14.3 Å². The first-order chi connectivity index (χ1) is 15.9. The van der Waals surface area contributed by atoms with Crippen LogP contribution in [-0.4, -0.2) is 39.6 Å². The van der Waals surface area contributed by atoms with Crippen LogP contribution >= 0.6 is 0 Å². The summed E-state index contributed by atoms with van der Waals surface area (Å²) in [5, 5.41) is 4.25. The van der Waals surface area contributed by atoms with Crippen LogP contribution < -0.4 is 5.73 Å². The van der Waals surface area contributed by atoms with Gasteiger partial charge in [-0.1, -0.05) is 54.1 Å². The van der Waals surface area contributed by atoms with E-state index in [4.69, 9.17) is 5.73 Å². The molecule has 0 aliphatic carbocycles. The van der Waals surface area contributed by atoms with Crippen LogP contribution in [0.25, 0.3) is 11.1 Å². The number of carbonyl (C=O) groups excluding carboxylic acids is 2. The van der Waals surface area contributed by atoms with Gasteiger partial charge in [0.1, 0.15) is 0 Å². The number of hydrogen-bond acceptors (Lipinski definition) is 3. The first kappa shape index (κ1) is 22.8. The van der Waals surface area contributed by atoms with Gasteiger partial charge in [-0.25, -0.2) is 0 Å². The molecular formula is C27H32N4O2. The molecule has 1 aliphatic rings. The first-order valence-electron chi connectivity index (χ1n) is 11.6. The highest BCUT2D eigenvalue weighted by molar-refractivity contribution is 5.83. The van der Waals surface area contributed by atoms with Crippen molar-refractivity contribution in [1.82, 2.24) is 14.7 Å². The fraction of sp³-hybridized carbons (Fsp3) is 0.370. The highest BCUT2D eigenvalue weighted by Crippen LogP contribution is 2.34. The van der Waals surface area contributed by atoms with Crippen molar-refractivity contribution in [3.05, 3.63) is 77.6 Å². The molecule has 1 fully saturated rings. The molecule has 2 N–H and O–H groups in total. The van der Waals surface area contributed by atoms with Gasteiger partial charge in [0.25, 0.3) is 0 Å². The zero-order valence-corrected chi connectivity index (χ0v) is 19.5. The van der Waals surface area contributed by atoms with E-state index in [1.807, 2.05) is 22.6 Å². The summed E-state index contributed by atoms with van der Waals surface area (Å²) in [6, 6.07) is 18.7. The molecule has 2 aromatic carbocycles. The smallest absolute Gasteiger partial charge is 0.225 e. The maximum Gasteiger partial charge on any atom is 0.225 e. The molecule has 6 nitrogen and oxygen atoms in total. The standard InChI is InChI=1S/C27H32N4O2/c1-20-4-8-23(9-5-20)24-10-6-22(7-11-24)18-27(26(28)33)14-3-16-30(19-27)25(32)13-17-31-21(2)12-15-29-31/h4-12,15H,3,13-14,16-19H2,1-2H3,(H2,28,33)/t27-/m0/s1. The number of benzene rings is 2. The largest absolute Gasteiger partial charge is 0.369 e. The second-order valence-electron chi connectivity index (χ2n) is 9.25. The summed E-state index contributed by atoms with van der Waals surface area (Å²) in [5.41, 5.74) is 10.8. The lowest BCUT2D eigenvalue weighted by molar-refractivity contribution is -0.140. The van der Waals surface area contributed by atoms with Crippen molar-refractivity contribution >= 4 is 11.8 Å². The third kappa shape index (κ3) is 5.16. The maximum absolute atomic E-state index is 12.9. The molecule has 1 atom stereocenters. The van der Waals surface area contributed by atoms with Crippen LogP contribution in [0.1, 0.15) is 36.1 Å².